The minimum atomic E-state index is -4.64. The largest absolute Gasteiger partial charge is 0.0149 e. The van der Waals surface area contributed by atoms with Crippen LogP contribution in [0.1, 0.15) is 0 Å². The summed E-state index contributed by atoms with van der Waals surface area (Å²) in [5, 5.41) is 0. The van der Waals surface area contributed by atoms with Crippen molar-refractivity contribution in [3.63, 3.8) is 0 Å². The van der Waals surface area contributed by atoms with E-state index >= 15 is 0 Å². The van der Waals surface area contributed by atoms with Crippen LogP contribution >= 0.6 is 7.82 Å². The van der Waals surface area contributed by atoms with Gasteiger partial charge in [-0.3, -0.25) is 0 Å². The molecule has 0 rings (SSSR count). The Morgan fingerprint density at radius 3 is 1.12 bits per heavy atom. The van der Waals surface area contributed by atoms with Crippen molar-refractivity contribution >= 4 is 56.5 Å². The van der Waals surface area contributed by atoms with E-state index in [0.29, 0.717) is 0 Å². The van der Waals surface area contributed by atoms with E-state index in [0.717, 1.165) is 0 Å². The number of rotatable bonds is 0. The number of hydrogen-bond acceptors (Lipinski definition) is 1. The summed E-state index contributed by atoms with van der Waals surface area (Å²) >= 11 is 0. The van der Waals surface area contributed by atoms with Gasteiger partial charge in [-0.25, -0.2) is 4.57 Å². The minimum Gasteiger partial charge on any atom is -0.0149 e. The summed E-state index contributed by atoms with van der Waals surface area (Å²) in [5.74, 6) is 0. The molecule has 0 amide bonds. The Kier molecular flexibility index (Phi) is 25.9. The zero-order chi connectivity index (χ0) is 4.50. The second-order valence-electron chi connectivity index (χ2n) is 0.513. The molecule has 0 fully saturated rings. The van der Waals surface area contributed by atoms with Crippen LogP contribution in [0.2, 0.25) is 0 Å². The van der Waals surface area contributed by atoms with E-state index in [9.17, 15) is 0 Å². The molecule has 0 aromatic rings. The van der Waals surface area contributed by atoms with Crippen molar-refractivity contribution in [2.75, 3.05) is 0 Å². The average molecular weight is 238 g/mol. The number of hydrogen-bond donors (Lipinski definition) is 3. The van der Waals surface area contributed by atoms with Crippen LogP contribution in [0.5, 0.6) is 0 Å². The van der Waals surface area contributed by atoms with Crippen molar-refractivity contribution in [2.45, 2.75) is 0 Å². The summed E-state index contributed by atoms with van der Waals surface area (Å²) in [6.07, 6.45) is 0. The molecular weight excluding hydrogens is 229 g/mol. The zero-order valence-corrected chi connectivity index (χ0v) is 6.77. The van der Waals surface area contributed by atoms with Crippen molar-refractivity contribution in [2.24, 2.45) is 0 Å². The van der Waals surface area contributed by atoms with Crippen molar-refractivity contribution in [3.05, 3.63) is 0 Å². The van der Waals surface area contributed by atoms with E-state index in [1.807, 2.05) is 0 Å². The summed E-state index contributed by atoms with van der Waals surface area (Å²) in [6, 6.07) is 0. The van der Waals surface area contributed by atoms with Crippen LogP contribution < -0.4 is 0 Å². The van der Waals surface area contributed by atoms with Crippen LogP contribution in [0.25, 0.3) is 0 Å². The normalized spacial score (nSPS) is 7.38. The monoisotopic (exact) mass is 236 g/mol. The first-order chi connectivity index (χ1) is 2.00. The Labute approximate surface area is 94.1 Å². The van der Waals surface area contributed by atoms with E-state index in [4.69, 9.17) is 19.2 Å². The Morgan fingerprint density at radius 1 is 1.12 bits per heavy atom. The second-order valence-corrected chi connectivity index (χ2v) is 1.54. The smallest absolute Gasteiger partial charge is 0 e. The molecule has 0 heterocycles. The first-order valence-electron chi connectivity index (χ1n) is 0.783. The molecule has 0 aliphatic heterocycles. The number of phosphoric acid groups is 1. The quantitative estimate of drug-likeness (QED) is 0.305. The maximum Gasteiger partial charge on any atom is 0 e. The third kappa shape index (κ3) is 87.4. The molecule has 0 saturated heterocycles. The van der Waals surface area contributed by atoms with E-state index in [1.165, 1.54) is 0 Å². The molecule has 0 saturated carbocycles. The first kappa shape index (κ1) is 22.5. The van der Waals surface area contributed by atoms with Crippen molar-refractivity contribution in [1.82, 2.24) is 0 Å². The molecule has 0 aromatic carbocycles. The fourth-order valence-corrected chi connectivity index (χ4v) is 0. The Balaban J connectivity index is -0.0000000267. The molecule has 0 bridgehead atoms. The van der Waals surface area contributed by atoms with Crippen LogP contribution in [-0.2, 0) is 24.0 Å². The third-order valence-electron chi connectivity index (χ3n) is 0. The fraction of sp³-hybridized carbons (Fsp3) is 0. The van der Waals surface area contributed by atoms with Gasteiger partial charge in [0.25, 0.3) is 0 Å². The van der Waals surface area contributed by atoms with Crippen molar-refractivity contribution in [3.8, 4) is 0 Å². The summed E-state index contributed by atoms with van der Waals surface area (Å²) in [4.78, 5) is 21.6. The minimum absolute atomic E-state index is 0. The van der Waals surface area contributed by atoms with Gasteiger partial charge in [0.2, 0.25) is 0 Å². The van der Waals surface area contributed by atoms with Gasteiger partial charge in [0.15, 0.2) is 0 Å². The topological polar surface area (TPSA) is 77.8 Å². The van der Waals surface area contributed by atoms with Crippen LogP contribution in [0.15, 0.2) is 0 Å². The van der Waals surface area contributed by atoms with Gasteiger partial charge in [0.05, 0.1) is 0 Å². The average Bonchev–Trinajstić information content (AvgIpc) is 0.722. The zero-order valence-electron chi connectivity index (χ0n) is 2.90. The van der Waals surface area contributed by atoms with E-state index in [1.54, 1.807) is 0 Å². The molecule has 8 heavy (non-hydrogen) atoms. The molecule has 0 aliphatic rings. The Bertz CT molecular complexity index is 62.2. The van der Waals surface area contributed by atoms with Crippen LogP contribution in [0, 0.1) is 0 Å². The Hall–Kier alpha value is 2.21. The van der Waals surface area contributed by atoms with Gasteiger partial charge in [-0.1, -0.05) is 0 Å². The molecule has 0 radical (unpaired) electrons. The van der Waals surface area contributed by atoms with Crippen molar-refractivity contribution in [1.29, 1.82) is 0 Å². The maximum absolute atomic E-state index is 8.88. The summed E-state index contributed by atoms with van der Waals surface area (Å²) in [5.41, 5.74) is 0. The summed E-state index contributed by atoms with van der Waals surface area (Å²) in [6.45, 7) is 0. The molecule has 46 valence electrons. The van der Waals surface area contributed by atoms with E-state index in [2.05, 4.69) is 0 Å². The summed E-state index contributed by atoms with van der Waals surface area (Å²) < 4.78 is 8.88. The predicted molar refractivity (Wildman–Crippen MR) is 34.1 cm³/mol. The molecule has 0 atom stereocenters. The molecule has 3 N–H and O–H groups in total. The molecule has 0 aromatic heterocycles. The summed E-state index contributed by atoms with van der Waals surface area (Å²) in [7, 11) is -4.64. The predicted octanol–water partition coefficient (Wildman–Crippen LogP) is -3.30. The van der Waals surface area contributed by atoms with Gasteiger partial charge in [-0.05, 0) is 11.0 Å². The standard InChI is InChI=1S/Ca.H3O4P.H4Si.Zn.2H/c;1-5(2,3)4;;;;/h;(H3,1,2,3,4);1H4;;;. The molecule has 0 unspecified atom stereocenters. The van der Waals surface area contributed by atoms with Gasteiger partial charge >= 0.3 is 45.6 Å². The van der Waals surface area contributed by atoms with Gasteiger partial charge in [-0.2, -0.15) is 0 Å². The van der Waals surface area contributed by atoms with Crippen LogP contribution in [0.3, 0.4) is 0 Å². The van der Waals surface area contributed by atoms with Crippen LogP contribution in [-0.4, -0.2) is 63.4 Å². The van der Waals surface area contributed by atoms with Crippen LogP contribution in [0.4, 0.5) is 0 Å². The Morgan fingerprint density at radius 2 is 1.12 bits per heavy atom. The first-order valence-corrected chi connectivity index (χ1v) is 2.35. The molecule has 4 nitrogen and oxygen atoms in total. The van der Waals surface area contributed by atoms with Crippen molar-refractivity contribution < 1.29 is 38.7 Å². The maximum atomic E-state index is 8.88. The van der Waals surface area contributed by atoms with Gasteiger partial charge in [-0.15, -0.1) is 0 Å². The third-order valence-corrected chi connectivity index (χ3v) is 0. The van der Waals surface area contributed by atoms with Gasteiger partial charge in [0.1, 0.15) is 0 Å². The molecule has 8 heteroatoms. The fourth-order valence-electron chi connectivity index (χ4n) is 0. The molecule has 0 aliphatic carbocycles. The van der Waals surface area contributed by atoms with E-state index < -0.39 is 7.82 Å². The molecule has 0 spiro atoms. The van der Waals surface area contributed by atoms with E-state index in [-0.39, 0.29) is 68.2 Å². The van der Waals surface area contributed by atoms with Gasteiger partial charge in [0, 0.05) is 19.5 Å². The molecular formula is H9CaO4PSiZn. The SMILES string of the molecule is O=P(O)(O)O.[CaH2].[SiH4].[Zn]. The van der Waals surface area contributed by atoms with Gasteiger partial charge < -0.3 is 14.7 Å². The second kappa shape index (κ2) is 9.21.